The molecule has 1 aliphatic rings. The molecule has 1 saturated carbocycles. The summed E-state index contributed by atoms with van der Waals surface area (Å²) in [5, 5.41) is 0. The lowest BCUT2D eigenvalue weighted by atomic mass is 9.64. The number of nitrogens with zero attached hydrogens (tertiary/aromatic N) is 4. The average Bonchev–Trinajstić information content (AvgIpc) is 2.57. The average molecular weight is 451 g/mol. The van der Waals surface area contributed by atoms with Gasteiger partial charge in [-0.3, -0.25) is 4.98 Å². The first-order valence-electron chi connectivity index (χ1n) is 9.14. The lowest BCUT2D eigenvalue weighted by Gasteiger charge is -2.46. The summed E-state index contributed by atoms with van der Waals surface area (Å²) < 4.78 is 20.3. The Bertz CT molecular complexity index is 848. The quantitative estimate of drug-likeness (QED) is 0.671. The first-order valence-corrected chi connectivity index (χ1v) is 9.93. The molecule has 0 unspecified atom stereocenters. The van der Waals surface area contributed by atoms with Crippen molar-refractivity contribution in [3.8, 4) is 0 Å². The number of alkyl halides is 1. The second kappa shape index (κ2) is 7.73. The first-order chi connectivity index (χ1) is 13.1. The second-order valence-corrected chi connectivity index (χ2v) is 9.14. The number of halogens is 2. The second-order valence-electron chi connectivity index (χ2n) is 8.22. The molecule has 1 amide bonds. The summed E-state index contributed by atoms with van der Waals surface area (Å²) in [6.45, 7) is 7.53. The van der Waals surface area contributed by atoms with Crippen molar-refractivity contribution in [3.63, 3.8) is 0 Å². The lowest BCUT2D eigenvalue weighted by molar-refractivity contribution is 0.0509. The highest BCUT2D eigenvalue weighted by Gasteiger charge is 2.50. The Morgan fingerprint density at radius 1 is 1.32 bits per heavy atom. The van der Waals surface area contributed by atoms with Crippen molar-refractivity contribution in [2.24, 2.45) is 0 Å². The maximum atomic E-state index is 14.0. The number of aryl methyl sites for hydroxylation is 1. The minimum atomic E-state index is -0.923. The Hall–Kier alpha value is -2.09. The number of rotatable bonds is 4. The van der Waals surface area contributed by atoms with Gasteiger partial charge in [-0.15, -0.1) is 0 Å². The van der Waals surface area contributed by atoms with Gasteiger partial charge in [-0.25, -0.2) is 24.1 Å². The van der Waals surface area contributed by atoms with Crippen molar-refractivity contribution >= 4 is 28.0 Å². The molecule has 1 fully saturated rings. The SMILES string of the molecule is Cc1cccnc1C1(CN(C(=O)OC(C)(C)C)c2ncc(Br)cn2)CC(F)C1. The summed E-state index contributed by atoms with van der Waals surface area (Å²) in [5.74, 6) is 0.215. The van der Waals surface area contributed by atoms with E-state index in [1.165, 1.54) is 4.90 Å². The normalized spacial score (nSPS) is 21.7. The van der Waals surface area contributed by atoms with E-state index >= 15 is 0 Å². The highest BCUT2D eigenvalue weighted by Crippen LogP contribution is 2.46. The molecular weight excluding hydrogens is 427 g/mol. The highest BCUT2D eigenvalue weighted by molar-refractivity contribution is 9.10. The predicted octanol–water partition coefficient (Wildman–Crippen LogP) is 4.75. The minimum Gasteiger partial charge on any atom is -0.443 e. The summed E-state index contributed by atoms with van der Waals surface area (Å²) in [5.41, 5.74) is 0.490. The number of carbonyl (C=O) groups excluding carboxylic acids is 1. The molecule has 0 aliphatic heterocycles. The van der Waals surface area contributed by atoms with Crippen molar-refractivity contribution in [2.45, 2.75) is 57.7 Å². The van der Waals surface area contributed by atoms with E-state index in [0.717, 1.165) is 11.3 Å². The molecule has 0 atom stereocenters. The van der Waals surface area contributed by atoms with Gasteiger partial charge >= 0.3 is 6.09 Å². The van der Waals surface area contributed by atoms with E-state index in [4.69, 9.17) is 4.74 Å². The van der Waals surface area contributed by atoms with Gasteiger partial charge < -0.3 is 4.74 Å². The molecule has 2 aromatic rings. The van der Waals surface area contributed by atoms with Crippen molar-refractivity contribution < 1.29 is 13.9 Å². The summed E-state index contributed by atoms with van der Waals surface area (Å²) in [6, 6.07) is 3.80. The molecule has 1 aliphatic carbocycles. The molecule has 0 aromatic carbocycles. The smallest absolute Gasteiger partial charge is 0.417 e. The summed E-state index contributed by atoms with van der Waals surface area (Å²) >= 11 is 3.30. The van der Waals surface area contributed by atoms with Gasteiger partial charge in [0.15, 0.2) is 0 Å². The maximum absolute atomic E-state index is 14.0. The fraction of sp³-hybridized carbons (Fsp3) is 0.500. The molecule has 2 heterocycles. The molecule has 3 rings (SSSR count). The number of ether oxygens (including phenoxy) is 1. The minimum absolute atomic E-state index is 0.196. The number of hydrogen-bond acceptors (Lipinski definition) is 5. The van der Waals surface area contributed by atoms with E-state index in [1.54, 1.807) is 39.4 Å². The van der Waals surface area contributed by atoms with E-state index in [-0.39, 0.29) is 12.5 Å². The van der Waals surface area contributed by atoms with Crippen LogP contribution in [0.4, 0.5) is 15.1 Å². The van der Waals surface area contributed by atoms with E-state index in [0.29, 0.717) is 17.3 Å². The van der Waals surface area contributed by atoms with Gasteiger partial charge in [-0.1, -0.05) is 6.07 Å². The van der Waals surface area contributed by atoms with Crippen LogP contribution in [-0.4, -0.2) is 39.4 Å². The third-order valence-electron chi connectivity index (χ3n) is 4.66. The van der Waals surface area contributed by atoms with Gasteiger partial charge in [0.1, 0.15) is 11.8 Å². The van der Waals surface area contributed by atoms with Crippen molar-refractivity contribution in [1.29, 1.82) is 0 Å². The Kier molecular flexibility index (Phi) is 5.70. The molecule has 0 saturated heterocycles. The van der Waals surface area contributed by atoms with Crippen LogP contribution in [0, 0.1) is 6.92 Å². The number of carbonyl (C=O) groups is 1. The summed E-state index contributed by atoms with van der Waals surface area (Å²) in [6.07, 6.45) is 3.93. The summed E-state index contributed by atoms with van der Waals surface area (Å²) in [4.78, 5) is 27.4. The lowest BCUT2D eigenvalue weighted by Crippen LogP contribution is -2.54. The highest BCUT2D eigenvalue weighted by atomic mass is 79.9. The van der Waals surface area contributed by atoms with Crippen LogP contribution in [0.3, 0.4) is 0 Å². The van der Waals surface area contributed by atoms with E-state index < -0.39 is 23.3 Å². The van der Waals surface area contributed by atoms with Gasteiger partial charge in [-0.2, -0.15) is 0 Å². The number of pyridine rings is 1. The molecule has 2 aromatic heterocycles. The zero-order valence-electron chi connectivity index (χ0n) is 16.4. The van der Waals surface area contributed by atoms with Crippen molar-refractivity contribution in [3.05, 3.63) is 46.5 Å². The monoisotopic (exact) mass is 450 g/mol. The zero-order chi connectivity index (χ0) is 20.5. The number of amides is 1. The van der Waals surface area contributed by atoms with Crippen molar-refractivity contribution in [1.82, 2.24) is 15.0 Å². The Morgan fingerprint density at radius 3 is 2.50 bits per heavy atom. The Morgan fingerprint density at radius 2 is 1.96 bits per heavy atom. The molecule has 8 heteroatoms. The van der Waals surface area contributed by atoms with Crippen LogP contribution < -0.4 is 4.90 Å². The fourth-order valence-corrected chi connectivity index (χ4v) is 3.71. The molecule has 0 bridgehead atoms. The van der Waals surface area contributed by atoms with Crippen LogP contribution >= 0.6 is 15.9 Å². The Labute approximate surface area is 172 Å². The van der Waals surface area contributed by atoms with Crippen LogP contribution in [-0.2, 0) is 10.2 Å². The van der Waals surface area contributed by atoms with Crippen LogP contribution in [0.5, 0.6) is 0 Å². The largest absolute Gasteiger partial charge is 0.443 e. The standard InChI is InChI=1S/C20H24BrFN4O2/c1-13-6-5-7-23-16(13)20(8-15(22)9-20)12-26(18(27)28-19(2,3)4)17-24-10-14(21)11-25-17/h5-7,10-11,15H,8-9,12H2,1-4H3. The molecule has 0 radical (unpaired) electrons. The number of aromatic nitrogens is 3. The molecular formula is C20H24BrFN4O2. The van der Waals surface area contributed by atoms with Gasteiger partial charge in [0, 0.05) is 30.6 Å². The molecule has 6 nitrogen and oxygen atoms in total. The van der Waals surface area contributed by atoms with Gasteiger partial charge in [0.05, 0.1) is 10.2 Å². The van der Waals surface area contributed by atoms with Crippen LogP contribution in [0.25, 0.3) is 0 Å². The van der Waals surface area contributed by atoms with E-state index in [9.17, 15) is 9.18 Å². The molecule has 0 spiro atoms. The molecule has 28 heavy (non-hydrogen) atoms. The topological polar surface area (TPSA) is 68.2 Å². The van der Waals surface area contributed by atoms with Crippen LogP contribution in [0.1, 0.15) is 44.9 Å². The van der Waals surface area contributed by atoms with Crippen molar-refractivity contribution in [2.75, 3.05) is 11.4 Å². The zero-order valence-corrected chi connectivity index (χ0v) is 18.0. The van der Waals surface area contributed by atoms with Gasteiger partial charge in [0.25, 0.3) is 0 Å². The van der Waals surface area contributed by atoms with E-state index in [1.807, 2.05) is 19.1 Å². The van der Waals surface area contributed by atoms with Gasteiger partial charge in [0.2, 0.25) is 5.95 Å². The summed E-state index contributed by atoms with van der Waals surface area (Å²) in [7, 11) is 0. The predicted molar refractivity (Wildman–Crippen MR) is 108 cm³/mol. The Balaban J connectivity index is 1.98. The van der Waals surface area contributed by atoms with E-state index in [2.05, 4.69) is 30.9 Å². The molecule has 150 valence electrons. The first kappa shape index (κ1) is 20.6. The molecule has 0 N–H and O–H groups in total. The van der Waals surface area contributed by atoms with Crippen LogP contribution in [0.15, 0.2) is 35.2 Å². The number of hydrogen-bond donors (Lipinski definition) is 0. The third kappa shape index (κ3) is 4.48. The van der Waals surface area contributed by atoms with Gasteiger partial charge in [-0.05, 0) is 68.1 Å². The fourth-order valence-electron chi connectivity index (χ4n) is 3.51. The number of anilines is 1. The van der Waals surface area contributed by atoms with Crippen LogP contribution in [0.2, 0.25) is 0 Å². The maximum Gasteiger partial charge on any atom is 0.417 e. The third-order valence-corrected chi connectivity index (χ3v) is 5.07.